The molecule has 0 radical (unpaired) electrons. The summed E-state index contributed by atoms with van der Waals surface area (Å²) in [5, 5.41) is 9.38. The van der Waals surface area contributed by atoms with Crippen LogP contribution in [0.15, 0.2) is 60.7 Å². The van der Waals surface area contributed by atoms with Gasteiger partial charge in [-0.05, 0) is 103 Å². The molecule has 50 heavy (non-hydrogen) atoms. The zero-order valence-corrected chi connectivity index (χ0v) is 26.5. The summed E-state index contributed by atoms with van der Waals surface area (Å²) in [5.74, 6) is -3.22. The van der Waals surface area contributed by atoms with Crippen LogP contribution in [0.2, 0.25) is 0 Å². The first kappa shape index (κ1) is 34.7. The van der Waals surface area contributed by atoms with E-state index in [1.165, 1.54) is 44.4 Å². The van der Waals surface area contributed by atoms with Crippen molar-refractivity contribution in [3.63, 3.8) is 0 Å². The molecule has 6 nitrogen and oxygen atoms in total. The molecule has 0 spiro atoms. The smallest absolute Gasteiger partial charge is 0.416 e. The molecule has 4 aromatic carbocycles. The highest BCUT2D eigenvalue weighted by Gasteiger charge is 2.51. The van der Waals surface area contributed by atoms with Crippen molar-refractivity contribution in [1.29, 1.82) is 0 Å². The van der Waals surface area contributed by atoms with Crippen molar-refractivity contribution in [3.8, 4) is 28.0 Å². The van der Waals surface area contributed by atoms with Crippen molar-refractivity contribution in [2.45, 2.75) is 57.2 Å². The van der Waals surface area contributed by atoms with Crippen molar-refractivity contribution in [2.75, 3.05) is 7.11 Å². The Morgan fingerprint density at radius 2 is 1.56 bits per heavy atom. The maximum atomic E-state index is 15.6. The number of carbonyl (C=O) groups excluding carboxylic acids is 1. The van der Waals surface area contributed by atoms with Crippen LogP contribution in [0.25, 0.3) is 22.3 Å². The maximum Gasteiger partial charge on any atom is 0.416 e. The largest absolute Gasteiger partial charge is 0.496 e. The first-order valence-electron chi connectivity index (χ1n) is 15.2. The van der Waals surface area contributed by atoms with E-state index in [1.807, 2.05) is 0 Å². The second kappa shape index (κ2) is 12.3. The first-order chi connectivity index (χ1) is 23.4. The van der Waals surface area contributed by atoms with E-state index in [9.17, 15) is 45.4 Å². The van der Waals surface area contributed by atoms with E-state index in [0.717, 1.165) is 23.1 Å². The van der Waals surface area contributed by atoms with Gasteiger partial charge in [0.1, 0.15) is 23.5 Å². The predicted molar refractivity (Wildman–Crippen MR) is 163 cm³/mol. The Hall–Kier alpha value is -5.14. The SMILES string of the molecule is COc1cc(F)c(-c2ccc(C(=O)O)cc2C)cc1-c1cc(C)c(C(F)(F)F)cc1[C@@H]1CC[C@H]2[C@@H](c3cc(F)cc(C(F)(F)F)c3)OC(=O)N12. The number of hydrogen-bond donors (Lipinski definition) is 1. The Kier molecular flexibility index (Phi) is 8.56. The fourth-order valence-corrected chi connectivity index (χ4v) is 6.96. The molecular weight excluding hydrogens is 678 g/mol. The summed E-state index contributed by atoms with van der Waals surface area (Å²) in [4.78, 5) is 26.0. The average Bonchev–Trinajstić information content (AvgIpc) is 3.60. The molecule has 1 N–H and O–H groups in total. The zero-order valence-electron chi connectivity index (χ0n) is 26.5. The van der Waals surface area contributed by atoms with Crippen LogP contribution >= 0.6 is 0 Å². The first-order valence-corrected chi connectivity index (χ1v) is 15.2. The topological polar surface area (TPSA) is 76.1 Å². The highest BCUT2D eigenvalue weighted by Crippen LogP contribution is 2.52. The number of ether oxygens (including phenoxy) is 2. The van der Waals surface area contributed by atoms with Crippen molar-refractivity contribution >= 4 is 12.1 Å². The number of cyclic esters (lactones) is 1. The number of aryl methyl sites for hydroxylation is 2. The predicted octanol–water partition coefficient (Wildman–Crippen LogP) is 10.1. The van der Waals surface area contributed by atoms with Gasteiger partial charge >= 0.3 is 24.4 Å². The van der Waals surface area contributed by atoms with E-state index in [1.54, 1.807) is 6.92 Å². The molecule has 14 heteroatoms. The molecule has 0 bridgehead atoms. The lowest BCUT2D eigenvalue weighted by molar-refractivity contribution is -0.138. The Morgan fingerprint density at radius 1 is 0.840 bits per heavy atom. The van der Waals surface area contributed by atoms with E-state index >= 15 is 4.39 Å². The third kappa shape index (κ3) is 6.11. The lowest BCUT2D eigenvalue weighted by atomic mass is 9.87. The quantitative estimate of drug-likeness (QED) is 0.202. The number of alkyl halides is 6. The molecule has 2 aliphatic rings. The van der Waals surface area contributed by atoms with Crippen molar-refractivity contribution in [3.05, 3.63) is 111 Å². The lowest BCUT2D eigenvalue weighted by Gasteiger charge is -2.27. The van der Waals surface area contributed by atoms with Crippen LogP contribution < -0.4 is 4.74 Å². The van der Waals surface area contributed by atoms with Crippen LogP contribution in [0.3, 0.4) is 0 Å². The molecule has 0 saturated carbocycles. The van der Waals surface area contributed by atoms with Gasteiger partial charge in [0, 0.05) is 17.2 Å². The number of carboxylic acids is 1. The molecule has 2 heterocycles. The van der Waals surface area contributed by atoms with E-state index < -0.39 is 65.4 Å². The molecule has 2 aliphatic heterocycles. The molecule has 3 atom stereocenters. The van der Waals surface area contributed by atoms with Crippen molar-refractivity contribution in [1.82, 2.24) is 4.90 Å². The van der Waals surface area contributed by atoms with Crippen LogP contribution in [0.4, 0.5) is 39.9 Å². The second-order valence-corrected chi connectivity index (χ2v) is 12.3. The van der Waals surface area contributed by atoms with Crippen LogP contribution in [0.5, 0.6) is 5.75 Å². The normalized spacial score (nSPS) is 19.1. The highest BCUT2D eigenvalue weighted by molar-refractivity contribution is 5.89. The minimum absolute atomic E-state index is 0.00439. The number of amides is 1. The molecule has 0 aliphatic carbocycles. The van der Waals surface area contributed by atoms with Gasteiger partial charge in [-0.25, -0.2) is 18.4 Å². The summed E-state index contributed by atoms with van der Waals surface area (Å²) in [6.07, 6.45) is -11.9. The number of nitrogens with zero attached hydrogens (tertiary/aromatic N) is 1. The van der Waals surface area contributed by atoms with Crippen molar-refractivity contribution < 1.29 is 59.3 Å². The number of benzene rings is 4. The fraction of sp³-hybridized carbons (Fsp3) is 0.278. The van der Waals surface area contributed by atoms with E-state index in [-0.39, 0.29) is 57.5 Å². The van der Waals surface area contributed by atoms with Gasteiger partial charge in [0.25, 0.3) is 0 Å². The summed E-state index contributed by atoms with van der Waals surface area (Å²) >= 11 is 0. The minimum atomic E-state index is -4.90. The van der Waals surface area contributed by atoms with Gasteiger partial charge in [0.2, 0.25) is 0 Å². The number of hydrogen-bond acceptors (Lipinski definition) is 4. The standard InChI is InChI=1S/C36H27F8NO5/c1-16-8-18(33(46)47)4-5-22(16)24-13-26(31(49-3)15-28(24)38)23-9-17(2)27(36(42,43)44)14-25(23)29-6-7-30-32(50-34(48)45(29)30)19-10-20(35(39,40)41)12-21(37)11-19/h4-5,8-15,29-30,32H,6-7H2,1-3H3,(H,46,47)/t29-,30-,32+/m0/s1. The van der Waals surface area contributed by atoms with Gasteiger partial charge in [0.05, 0.1) is 35.9 Å². The summed E-state index contributed by atoms with van der Waals surface area (Å²) in [5.41, 5.74) is -1.78. The molecule has 262 valence electrons. The number of aromatic carboxylic acids is 1. The third-order valence-corrected chi connectivity index (χ3v) is 9.20. The van der Waals surface area contributed by atoms with Crippen LogP contribution in [-0.4, -0.2) is 35.2 Å². The molecule has 2 fully saturated rings. The summed E-state index contributed by atoms with van der Waals surface area (Å²) in [7, 11) is 1.24. The number of fused-ring (bicyclic) bond motifs is 1. The Labute approximate surface area is 279 Å². The van der Waals surface area contributed by atoms with Crippen LogP contribution in [0.1, 0.15) is 68.7 Å². The number of halogens is 8. The van der Waals surface area contributed by atoms with Gasteiger partial charge in [-0.1, -0.05) is 12.1 Å². The Morgan fingerprint density at radius 3 is 2.18 bits per heavy atom. The van der Waals surface area contributed by atoms with Crippen LogP contribution in [-0.2, 0) is 17.1 Å². The van der Waals surface area contributed by atoms with Crippen LogP contribution in [0, 0.1) is 25.5 Å². The van der Waals surface area contributed by atoms with Gasteiger partial charge in [0.15, 0.2) is 0 Å². The maximum absolute atomic E-state index is 15.6. The van der Waals surface area contributed by atoms with E-state index in [2.05, 4.69) is 0 Å². The Bertz CT molecular complexity index is 2040. The average molecular weight is 706 g/mol. The number of carbonyl (C=O) groups is 2. The molecule has 4 aromatic rings. The highest BCUT2D eigenvalue weighted by atomic mass is 19.4. The lowest BCUT2D eigenvalue weighted by Crippen LogP contribution is -2.31. The molecule has 2 saturated heterocycles. The molecule has 1 amide bonds. The molecule has 0 aromatic heterocycles. The third-order valence-electron chi connectivity index (χ3n) is 9.20. The zero-order chi connectivity index (χ0) is 36.4. The monoisotopic (exact) mass is 705 g/mol. The van der Waals surface area contributed by atoms with Gasteiger partial charge < -0.3 is 14.6 Å². The molecule has 0 unspecified atom stereocenters. The van der Waals surface area contributed by atoms with E-state index in [4.69, 9.17) is 9.47 Å². The number of carboxylic acid groups (broad SMARTS) is 1. The second-order valence-electron chi connectivity index (χ2n) is 12.3. The van der Waals surface area contributed by atoms with Gasteiger partial charge in [-0.3, -0.25) is 4.90 Å². The summed E-state index contributed by atoms with van der Waals surface area (Å²) in [6, 6.07) is 8.35. The fourth-order valence-electron chi connectivity index (χ4n) is 6.96. The summed E-state index contributed by atoms with van der Waals surface area (Å²) < 4.78 is 124. The van der Waals surface area contributed by atoms with Gasteiger partial charge in [-0.2, -0.15) is 26.3 Å². The van der Waals surface area contributed by atoms with E-state index in [0.29, 0.717) is 23.3 Å². The number of rotatable bonds is 6. The van der Waals surface area contributed by atoms with Crippen molar-refractivity contribution in [2.24, 2.45) is 0 Å². The summed E-state index contributed by atoms with van der Waals surface area (Å²) in [6.45, 7) is 2.81. The molecular formula is C36H27F8NO5. The Balaban J connectivity index is 1.51. The van der Waals surface area contributed by atoms with Gasteiger partial charge in [-0.15, -0.1) is 0 Å². The minimum Gasteiger partial charge on any atom is -0.496 e. The molecule has 6 rings (SSSR count). The number of methoxy groups -OCH3 is 1.